The van der Waals surface area contributed by atoms with Crippen LogP contribution in [0.1, 0.15) is 18.0 Å². The number of amides is 1. The van der Waals surface area contributed by atoms with E-state index in [0.717, 1.165) is 55.3 Å². The van der Waals surface area contributed by atoms with Crippen LogP contribution in [0.15, 0.2) is 48.5 Å². The number of nitrogens with zero attached hydrogens (tertiary/aromatic N) is 2. The summed E-state index contributed by atoms with van der Waals surface area (Å²) in [4.78, 5) is 17.2. The van der Waals surface area contributed by atoms with Crippen LogP contribution in [0, 0.1) is 0 Å². The van der Waals surface area contributed by atoms with Gasteiger partial charge in [0.1, 0.15) is 17.5 Å². The number of nitrogens with one attached hydrogen (secondary N) is 2. The van der Waals surface area contributed by atoms with Gasteiger partial charge in [0.2, 0.25) is 5.91 Å². The van der Waals surface area contributed by atoms with E-state index < -0.39 is 0 Å². The van der Waals surface area contributed by atoms with Crippen LogP contribution < -0.4 is 25.2 Å². The van der Waals surface area contributed by atoms with Gasteiger partial charge in [-0.25, -0.2) is 10.9 Å². The number of carbonyl (C=O) groups excluding carboxylic acids is 1. The number of benzene rings is 2. The average molecular weight is 396 g/mol. The summed E-state index contributed by atoms with van der Waals surface area (Å²) in [6.07, 6.45) is 0.737. The first-order chi connectivity index (χ1) is 14.2. The third kappa shape index (κ3) is 4.31. The van der Waals surface area contributed by atoms with Crippen molar-refractivity contribution < 1.29 is 14.3 Å². The van der Waals surface area contributed by atoms with Gasteiger partial charge >= 0.3 is 0 Å². The van der Waals surface area contributed by atoms with Gasteiger partial charge in [0, 0.05) is 44.0 Å². The summed E-state index contributed by atoms with van der Waals surface area (Å²) >= 11 is 0. The van der Waals surface area contributed by atoms with Crippen LogP contribution in [0.3, 0.4) is 0 Å². The quantitative estimate of drug-likeness (QED) is 0.806. The molecule has 0 bridgehead atoms. The number of piperazine rings is 1. The molecule has 2 unspecified atom stereocenters. The van der Waals surface area contributed by atoms with Gasteiger partial charge in [-0.15, -0.1) is 0 Å². The van der Waals surface area contributed by atoms with E-state index >= 15 is 0 Å². The first-order valence-electron chi connectivity index (χ1n) is 10.0. The summed E-state index contributed by atoms with van der Waals surface area (Å²) < 4.78 is 10.5. The number of hydrogen-bond acceptors (Lipinski definition) is 6. The standard InChI is InChI=1S/C22H28N4O3/c1-28-18-8-6-16(7-9-18)20-15-21(24-23-20)22(27)26-12-10-25(11-13-26)17-4-3-5-19(14-17)29-2/h3-9,14,20-21,23-24H,10-13,15H2,1-2H3. The summed E-state index contributed by atoms with van der Waals surface area (Å²) in [5, 5.41) is 0. The number of hydrazine groups is 1. The monoisotopic (exact) mass is 396 g/mol. The second kappa shape index (κ2) is 8.71. The van der Waals surface area contributed by atoms with Gasteiger partial charge < -0.3 is 19.3 Å². The highest BCUT2D eigenvalue weighted by Crippen LogP contribution is 2.26. The zero-order valence-corrected chi connectivity index (χ0v) is 16.9. The van der Waals surface area contributed by atoms with E-state index in [-0.39, 0.29) is 18.0 Å². The number of anilines is 1. The maximum atomic E-state index is 13.0. The van der Waals surface area contributed by atoms with E-state index in [0.29, 0.717) is 0 Å². The lowest BCUT2D eigenvalue weighted by molar-refractivity contribution is -0.133. The molecule has 1 amide bonds. The van der Waals surface area contributed by atoms with Crippen LogP contribution in [0.2, 0.25) is 0 Å². The fourth-order valence-corrected chi connectivity index (χ4v) is 3.99. The Morgan fingerprint density at radius 2 is 1.66 bits per heavy atom. The summed E-state index contributed by atoms with van der Waals surface area (Å²) in [6.45, 7) is 3.09. The normalized spacial score (nSPS) is 21.9. The molecule has 7 nitrogen and oxygen atoms in total. The first-order valence-corrected chi connectivity index (χ1v) is 10.0. The van der Waals surface area contributed by atoms with Gasteiger partial charge in [0.05, 0.1) is 14.2 Å². The van der Waals surface area contributed by atoms with Crippen LogP contribution >= 0.6 is 0 Å². The largest absolute Gasteiger partial charge is 0.497 e. The summed E-state index contributed by atoms with van der Waals surface area (Å²) in [6, 6.07) is 16.0. The molecular weight excluding hydrogens is 368 g/mol. The van der Waals surface area contributed by atoms with Gasteiger partial charge in [0.25, 0.3) is 0 Å². The van der Waals surface area contributed by atoms with E-state index in [1.807, 2.05) is 47.4 Å². The van der Waals surface area contributed by atoms with Crippen LogP contribution in [0.5, 0.6) is 11.5 Å². The Bertz CT molecular complexity index is 834. The molecule has 29 heavy (non-hydrogen) atoms. The van der Waals surface area contributed by atoms with E-state index in [2.05, 4.69) is 21.8 Å². The van der Waals surface area contributed by atoms with Crippen molar-refractivity contribution in [3.05, 3.63) is 54.1 Å². The Labute approximate surface area is 171 Å². The van der Waals surface area contributed by atoms with Crippen molar-refractivity contribution in [1.29, 1.82) is 0 Å². The van der Waals surface area contributed by atoms with Crippen molar-refractivity contribution in [1.82, 2.24) is 15.8 Å². The highest BCUT2D eigenvalue weighted by Gasteiger charge is 2.34. The van der Waals surface area contributed by atoms with Crippen LogP contribution in [0.25, 0.3) is 0 Å². The third-order valence-corrected chi connectivity index (χ3v) is 5.73. The molecule has 2 aliphatic rings. The predicted octanol–water partition coefficient (Wildman–Crippen LogP) is 1.96. The van der Waals surface area contributed by atoms with Crippen LogP contribution in [0.4, 0.5) is 5.69 Å². The fourth-order valence-electron chi connectivity index (χ4n) is 3.99. The summed E-state index contributed by atoms with van der Waals surface area (Å²) in [7, 11) is 3.34. The molecule has 7 heteroatoms. The molecular formula is C22H28N4O3. The van der Waals surface area contributed by atoms with Gasteiger partial charge in [0.15, 0.2) is 0 Å². The molecule has 2 aromatic carbocycles. The number of ether oxygens (including phenoxy) is 2. The zero-order valence-electron chi connectivity index (χ0n) is 16.9. The number of carbonyl (C=O) groups is 1. The zero-order chi connectivity index (χ0) is 20.2. The van der Waals surface area contributed by atoms with Gasteiger partial charge in [-0.05, 0) is 36.2 Å². The third-order valence-electron chi connectivity index (χ3n) is 5.73. The molecule has 154 valence electrons. The minimum Gasteiger partial charge on any atom is -0.497 e. The second-order valence-electron chi connectivity index (χ2n) is 7.42. The highest BCUT2D eigenvalue weighted by molar-refractivity contribution is 5.82. The summed E-state index contributed by atoms with van der Waals surface area (Å²) in [5.74, 6) is 1.85. The van der Waals surface area contributed by atoms with Crippen LogP contribution in [-0.2, 0) is 4.79 Å². The van der Waals surface area contributed by atoms with Crippen molar-refractivity contribution in [3.8, 4) is 11.5 Å². The molecule has 2 saturated heterocycles. The fraction of sp³-hybridized carbons (Fsp3) is 0.409. The van der Waals surface area contributed by atoms with Crippen LogP contribution in [-0.4, -0.2) is 57.2 Å². The van der Waals surface area contributed by atoms with Gasteiger partial charge in [-0.3, -0.25) is 4.79 Å². The molecule has 2 aromatic rings. The maximum absolute atomic E-state index is 13.0. The van der Waals surface area contributed by atoms with E-state index in [9.17, 15) is 4.79 Å². The van der Waals surface area contributed by atoms with E-state index in [1.165, 1.54) is 0 Å². The lowest BCUT2D eigenvalue weighted by atomic mass is 10.0. The average Bonchev–Trinajstić information content (AvgIpc) is 3.29. The molecule has 0 aromatic heterocycles. The molecule has 2 atom stereocenters. The molecule has 0 saturated carbocycles. The van der Waals surface area contributed by atoms with E-state index in [4.69, 9.17) is 9.47 Å². The molecule has 2 N–H and O–H groups in total. The second-order valence-corrected chi connectivity index (χ2v) is 7.42. The molecule has 2 fully saturated rings. The minimum atomic E-state index is -0.203. The Kier molecular flexibility index (Phi) is 5.87. The lowest BCUT2D eigenvalue weighted by Crippen LogP contribution is -2.53. The predicted molar refractivity (Wildman–Crippen MR) is 112 cm³/mol. The first kappa shape index (κ1) is 19.5. The Hall–Kier alpha value is -2.77. The van der Waals surface area contributed by atoms with Crippen molar-refractivity contribution >= 4 is 11.6 Å². The molecule has 0 spiro atoms. The number of hydrogen-bond donors (Lipinski definition) is 2. The molecule has 0 radical (unpaired) electrons. The molecule has 2 aliphatic heterocycles. The van der Waals surface area contributed by atoms with Gasteiger partial charge in [-0.2, -0.15) is 0 Å². The molecule has 2 heterocycles. The van der Waals surface area contributed by atoms with Crippen molar-refractivity contribution in [3.63, 3.8) is 0 Å². The maximum Gasteiger partial charge on any atom is 0.241 e. The minimum absolute atomic E-state index is 0.118. The highest BCUT2D eigenvalue weighted by atomic mass is 16.5. The van der Waals surface area contributed by atoms with Crippen molar-refractivity contribution in [2.45, 2.75) is 18.5 Å². The van der Waals surface area contributed by atoms with Crippen molar-refractivity contribution in [2.24, 2.45) is 0 Å². The number of rotatable bonds is 5. The number of methoxy groups -OCH3 is 2. The smallest absolute Gasteiger partial charge is 0.241 e. The Morgan fingerprint density at radius 3 is 2.34 bits per heavy atom. The summed E-state index contributed by atoms with van der Waals surface area (Å²) in [5.41, 5.74) is 8.74. The van der Waals surface area contributed by atoms with Gasteiger partial charge in [-0.1, -0.05) is 18.2 Å². The van der Waals surface area contributed by atoms with Crippen molar-refractivity contribution in [2.75, 3.05) is 45.3 Å². The molecule has 4 rings (SSSR count). The lowest BCUT2D eigenvalue weighted by Gasteiger charge is -2.37. The van der Waals surface area contributed by atoms with E-state index in [1.54, 1.807) is 14.2 Å². The SMILES string of the molecule is COc1ccc(C2CC(C(=O)N3CCN(c4cccc(OC)c4)CC3)NN2)cc1. The topological polar surface area (TPSA) is 66.1 Å². The Balaban J connectivity index is 1.31. The Morgan fingerprint density at radius 1 is 0.931 bits per heavy atom. The molecule has 0 aliphatic carbocycles.